The van der Waals surface area contributed by atoms with Gasteiger partial charge in [-0.2, -0.15) is 13.2 Å². The quantitative estimate of drug-likeness (QED) is 0.827. The van der Waals surface area contributed by atoms with Crippen LogP contribution in [-0.4, -0.2) is 43.3 Å². The fourth-order valence-corrected chi connectivity index (χ4v) is 3.03. The second-order valence-corrected chi connectivity index (χ2v) is 5.27. The SMILES string of the molecule is FC(F)(F)CCCN1CCC2NCCCC2C1. The van der Waals surface area contributed by atoms with Crippen LogP contribution in [0.1, 0.15) is 32.1 Å². The van der Waals surface area contributed by atoms with Gasteiger partial charge in [0.05, 0.1) is 0 Å². The summed E-state index contributed by atoms with van der Waals surface area (Å²) < 4.78 is 36.1. The van der Waals surface area contributed by atoms with E-state index in [9.17, 15) is 13.2 Å². The maximum Gasteiger partial charge on any atom is 0.389 e. The highest BCUT2D eigenvalue weighted by Gasteiger charge is 2.31. The molecule has 2 rings (SSSR count). The van der Waals surface area contributed by atoms with E-state index in [-0.39, 0.29) is 6.42 Å². The molecule has 100 valence electrons. The highest BCUT2D eigenvalue weighted by molar-refractivity contribution is 4.88. The Morgan fingerprint density at radius 2 is 2.06 bits per heavy atom. The Kier molecular flexibility index (Phi) is 4.31. The number of rotatable bonds is 3. The first kappa shape index (κ1) is 13.1. The third-order valence-corrected chi connectivity index (χ3v) is 3.91. The zero-order chi connectivity index (χ0) is 12.3. The standard InChI is InChI=1S/C12H21F3N2/c13-12(14,15)5-2-7-17-8-4-11-10(9-17)3-1-6-16-11/h10-11,16H,1-9H2. The smallest absolute Gasteiger partial charge is 0.314 e. The van der Waals surface area contributed by atoms with Crippen molar-refractivity contribution in [1.29, 1.82) is 0 Å². The lowest BCUT2D eigenvalue weighted by molar-refractivity contribution is -0.136. The van der Waals surface area contributed by atoms with E-state index in [1.54, 1.807) is 0 Å². The van der Waals surface area contributed by atoms with E-state index < -0.39 is 12.6 Å². The molecule has 0 aliphatic carbocycles. The Bertz CT molecular complexity index is 242. The maximum atomic E-state index is 12.0. The van der Waals surface area contributed by atoms with Gasteiger partial charge in [0, 0.05) is 19.0 Å². The Morgan fingerprint density at radius 3 is 2.82 bits per heavy atom. The zero-order valence-corrected chi connectivity index (χ0v) is 10.1. The Morgan fingerprint density at radius 1 is 1.24 bits per heavy atom. The first-order valence-electron chi connectivity index (χ1n) is 6.57. The van der Waals surface area contributed by atoms with Crippen LogP contribution in [0, 0.1) is 5.92 Å². The van der Waals surface area contributed by atoms with Crippen molar-refractivity contribution >= 4 is 0 Å². The van der Waals surface area contributed by atoms with Gasteiger partial charge in [-0.25, -0.2) is 0 Å². The number of likely N-dealkylation sites (tertiary alicyclic amines) is 1. The van der Waals surface area contributed by atoms with Crippen molar-refractivity contribution in [3.05, 3.63) is 0 Å². The molecule has 2 fully saturated rings. The second kappa shape index (κ2) is 5.57. The number of nitrogens with one attached hydrogen (secondary N) is 1. The summed E-state index contributed by atoms with van der Waals surface area (Å²) in [6.45, 7) is 3.64. The molecule has 2 nitrogen and oxygen atoms in total. The van der Waals surface area contributed by atoms with Gasteiger partial charge < -0.3 is 10.2 Å². The van der Waals surface area contributed by atoms with E-state index in [1.807, 2.05) is 0 Å². The Balaban J connectivity index is 1.69. The van der Waals surface area contributed by atoms with Gasteiger partial charge in [0.25, 0.3) is 0 Å². The molecule has 2 atom stereocenters. The van der Waals surface area contributed by atoms with E-state index in [0.29, 0.717) is 18.5 Å². The van der Waals surface area contributed by atoms with Gasteiger partial charge in [0.15, 0.2) is 0 Å². The van der Waals surface area contributed by atoms with E-state index in [2.05, 4.69) is 10.2 Å². The molecule has 0 aromatic carbocycles. The summed E-state index contributed by atoms with van der Waals surface area (Å²) in [5.41, 5.74) is 0. The normalized spacial score (nSPS) is 31.2. The third kappa shape index (κ3) is 4.14. The molecule has 0 aromatic rings. The first-order chi connectivity index (χ1) is 8.04. The number of hydrogen-bond acceptors (Lipinski definition) is 2. The van der Waals surface area contributed by atoms with Crippen LogP contribution in [0.2, 0.25) is 0 Å². The average Bonchev–Trinajstić information content (AvgIpc) is 2.27. The van der Waals surface area contributed by atoms with Crippen molar-refractivity contribution < 1.29 is 13.2 Å². The minimum absolute atomic E-state index is 0.244. The highest BCUT2D eigenvalue weighted by Crippen LogP contribution is 2.26. The molecular weight excluding hydrogens is 229 g/mol. The minimum Gasteiger partial charge on any atom is -0.314 e. The van der Waals surface area contributed by atoms with Crippen LogP contribution >= 0.6 is 0 Å². The molecule has 2 saturated heterocycles. The van der Waals surface area contributed by atoms with Crippen LogP contribution in [0.5, 0.6) is 0 Å². The Hall–Kier alpha value is -0.290. The molecule has 5 heteroatoms. The monoisotopic (exact) mass is 250 g/mol. The van der Waals surface area contributed by atoms with Crippen molar-refractivity contribution in [2.75, 3.05) is 26.2 Å². The molecule has 0 saturated carbocycles. The Labute approximate surface area is 101 Å². The predicted molar refractivity (Wildman–Crippen MR) is 60.9 cm³/mol. The van der Waals surface area contributed by atoms with Crippen LogP contribution in [0.4, 0.5) is 13.2 Å². The second-order valence-electron chi connectivity index (χ2n) is 5.27. The molecule has 0 bridgehead atoms. The first-order valence-corrected chi connectivity index (χ1v) is 6.57. The van der Waals surface area contributed by atoms with E-state index in [1.165, 1.54) is 12.8 Å². The van der Waals surface area contributed by atoms with Crippen LogP contribution in [0.15, 0.2) is 0 Å². The molecule has 0 aromatic heterocycles. The minimum atomic E-state index is -4.00. The molecule has 1 N–H and O–H groups in total. The van der Waals surface area contributed by atoms with Crippen LogP contribution in [-0.2, 0) is 0 Å². The topological polar surface area (TPSA) is 15.3 Å². The lowest BCUT2D eigenvalue weighted by Crippen LogP contribution is -2.52. The number of hydrogen-bond donors (Lipinski definition) is 1. The molecule has 2 unspecified atom stereocenters. The molecule has 2 heterocycles. The van der Waals surface area contributed by atoms with Crippen molar-refractivity contribution in [3.63, 3.8) is 0 Å². The van der Waals surface area contributed by atoms with Crippen LogP contribution in [0.25, 0.3) is 0 Å². The maximum absolute atomic E-state index is 12.0. The van der Waals surface area contributed by atoms with Crippen molar-refractivity contribution in [3.8, 4) is 0 Å². The average molecular weight is 250 g/mol. The summed E-state index contributed by atoms with van der Waals surface area (Å²) in [4.78, 5) is 2.21. The molecule has 0 amide bonds. The summed E-state index contributed by atoms with van der Waals surface area (Å²) >= 11 is 0. The number of fused-ring (bicyclic) bond motifs is 1. The fourth-order valence-electron chi connectivity index (χ4n) is 3.03. The van der Waals surface area contributed by atoms with E-state index in [4.69, 9.17) is 0 Å². The summed E-state index contributed by atoms with van der Waals surface area (Å²) in [5.74, 6) is 0.656. The zero-order valence-electron chi connectivity index (χ0n) is 10.1. The summed E-state index contributed by atoms with van der Waals surface area (Å²) in [6.07, 6.45) is -0.865. The lowest BCUT2D eigenvalue weighted by Gasteiger charge is -2.41. The van der Waals surface area contributed by atoms with Gasteiger partial charge in [-0.1, -0.05) is 0 Å². The third-order valence-electron chi connectivity index (χ3n) is 3.91. The van der Waals surface area contributed by atoms with E-state index in [0.717, 1.165) is 26.1 Å². The largest absolute Gasteiger partial charge is 0.389 e. The fraction of sp³-hybridized carbons (Fsp3) is 1.00. The van der Waals surface area contributed by atoms with Gasteiger partial charge >= 0.3 is 6.18 Å². The molecule has 0 radical (unpaired) electrons. The van der Waals surface area contributed by atoms with Gasteiger partial charge in [-0.05, 0) is 51.2 Å². The molecule has 0 spiro atoms. The van der Waals surface area contributed by atoms with Crippen molar-refractivity contribution in [1.82, 2.24) is 10.2 Å². The highest BCUT2D eigenvalue weighted by atomic mass is 19.4. The lowest BCUT2D eigenvalue weighted by atomic mass is 9.85. The number of alkyl halides is 3. The van der Waals surface area contributed by atoms with Crippen molar-refractivity contribution in [2.24, 2.45) is 5.92 Å². The molecule has 2 aliphatic heterocycles. The van der Waals surface area contributed by atoms with Crippen LogP contribution in [0.3, 0.4) is 0 Å². The van der Waals surface area contributed by atoms with Crippen LogP contribution < -0.4 is 5.32 Å². The van der Waals surface area contributed by atoms with Gasteiger partial charge in [0.1, 0.15) is 0 Å². The summed E-state index contributed by atoms with van der Waals surface area (Å²) in [6, 6.07) is 0.614. The molecule has 2 aliphatic rings. The number of halogens is 3. The molecular formula is C12H21F3N2. The molecule has 17 heavy (non-hydrogen) atoms. The van der Waals surface area contributed by atoms with Gasteiger partial charge in [-0.15, -0.1) is 0 Å². The predicted octanol–water partition coefficient (Wildman–Crippen LogP) is 2.40. The van der Waals surface area contributed by atoms with Gasteiger partial charge in [0.2, 0.25) is 0 Å². The van der Waals surface area contributed by atoms with E-state index >= 15 is 0 Å². The van der Waals surface area contributed by atoms with Gasteiger partial charge in [-0.3, -0.25) is 0 Å². The summed E-state index contributed by atoms with van der Waals surface area (Å²) in [5, 5.41) is 3.52. The summed E-state index contributed by atoms with van der Waals surface area (Å²) in [7, 11) is 0. The van der Waals surface area contributed by atoms with Crippen molar-refractivity contribution in [2.45, 2.75) is 44.3 Å². The number of nitrogens with zero attached hydrogens (tertiary/aromatic N) is 1. The number of piperidine rings is 2.